The predicted molar refractivity (Wildman–Crippen MR) is 73.6 cm³/mol. The molecular weight excluding hydrogens is 257 g/mol. The molecule has 0 fully saturated rings. The molecule has 1 aliphatic heterocycles. The number of nitrogens with zero attached hydrogens (tertiary/aromatic N) is 1. The fraction of sp³-hybridized carbons (Fsp3) is 0.200. The Morgan fingerprint density at radius 3 is 2.75 bits per heavy atom. The van der Waals surface area contributed by atoms with Crippen molar-refractivity contribution < 1.29 is 9.18 Å². The molecule has 0 aliphatic carbocycles. The first-order valence-electron chi connectivity index (χ1n) is 6.43. The minimum Gasteiger partial charge on any atom is -0.326 e. The van der Waals surface area contributed by atoms with Gasteiger partial charge in [0.1, 0.15) is 5.82 Å². The minimum atomic E-state index is -0.541. The number of carbonyl (C=O) groups excluding carboxylic acids is 1. The number of halogens is 1. The molecule has 102 valence electrons. The average Bonchev–Trinajstić information content (AvgIpc) is 2.46. The van der Waals surface area contributed by atoms with E-state index in [1.165, 1.54) is 6.07 Å². The highest BCUT2D eigenvalue weighted by Gasteiger charge is 2.20. The van der Waals surface area contributed by atoms with Crippen LogP contribution in [0.25, 0.3) is 0 Å². The Kier molecular flexibility index (Phi) is 3.20. The quantitative estimate of drug-likeness (QED) is 0.879. The van der Waals surface area contributed by atoms with Gasteiger partial charge in [-0.1, -0.05) is 0 Å². The molecule has 0 saturated carbocycles. The van der Waals surface area contributed by atoms with Crippen LogP contribution in [0.3, 0.4) is 0 Å². The SMILES string of the molecule is NC(c1ccncc1)c1cc2c(cc1F)NC(=O)CC2. The van der Waals surface area contributed by atoms with Gasteiger partial charge in [-0.25, -0.2) is 4.39 Å². The lowest BCUT2D eigenvalue weighted by Gasteiger charge is -2.20. The van der Waals surface area contributed by atoms with Crippen molar-refractivity contribution in [2.45, 2.75) is 18.9 Å². The molecule has 1 aromatic carbocycles. The van der Waals surface area contributed by atoms with Crippen molar-refractivity contribution in [3.8, 4) is 0 Å². The van der Waals surface area contributed by atoms with E-state index in [1.807, 2.05) is 0 Å². The molecule has 1 atom stereocenters. The molecule has 1 amide bonds. The van der Waals surface area contributed by atoms with Gasteiger partial charge in [0.2, 0.25) is 5.91 Å². The number of nitrogens with two attached hydrogens (primary N) is 1. The first-order valence-corrected chi connectivity index (χ1v) is 6.43. The van der Waals surface area contributed by atoms with Gasteiger partial charge in [0.15, 0.2) is 0 Å². The highest BCUT2D eigenvalue weighted by molar-refractivity contribution is 5.93. The van der Waals surface area contributed by atoms with E-state index < -0.39 is 11.9 Å². The monoisotopic (exact) mass is 271 g/mol. The summed E-state index contributed by atoms with van der Waals surface area (Å²) in [6.07, 6.45) is 4.29. The molecule has 3 N–H and O–H groups in total. The first kappa shape index (κ1) is 12.7. The van der Waals surface area contributed by atoms with Crippen LogP contribution in [0.4, 0.5) is 10.1 Å². The molecule has 2 heterocycles. The largest absolute Gasteiger partial charge is 0.326 e. The summed E-state index contributed by atoms with van der Waals surface area (Å²) in [6, 6.07) is 6.09. The number of amides is 1. The van der Waals surface area contributed by atoms with Gasteiger partial charge in [-0.15, -0.1) is 0 Å². The van der Waals surface area contributed by atoms with Crippen LogP contribution in [0.15, 0.2) is 36.7 Å². The molecule has 0 radical (unpaired) electrons. The Morgan fingerprint density at radius 1 is 1.25 bits per heavy atom. The topological polar surface area (TPSA) is 68.0 Å². The summed E-state index contributed by atoms with van der Waals surface area (Å²) in [5.74, 6) is -0.488. The maximum Gasteiger partial charge on any atom is 0.224 e. The molecule has 0 spiro atoms. The smallest absolute Gasteiger partial charge is 0.224 e. The molecule has 3 rings (SSSR count). The van der Waals surface area contributed by atoms with E-state index in [-0.39, 0.29) is 5.91 Å². The molecule has 1 aliphatic rings. The van der Waals surface area contributed by atoms with Gasteiger partial charge in [-0.3, -0.25) is 9.78 Å². The third-order valence-corrected chi connectivity index (χ3v) is 3.52. The van der Waals surface area contributed by atoms with E-state index in [1.54, 1.807) is 30.6 Å². The lowest BCUT2D eigenvalue weighted by Crippen LogP contribution is -2.21. The average molecular weight is 271 g/mol. The number of rotatable bonds is 2. The number of hydrogen-bond donors (Lipinski definition) is 2. The fourth-order valence-corrected chi connectivity index (χ4v) is 2.41. The zero-order valence-corrected chi connectivity index (χ0v) is 10.8. The number of aromatic nitrogens is 1. The van der Waals surface area contributed by atoms with Crippen molar-refractivity contribution in [1.82, 2.24) is 4.98 Å². The second-order valence-electron chi connectivity index (χ2n) is 4.84. The number of aryl methyl sites for hydroxylation is 1. The van der Waals surface area contributed by atoms with Crippen LogP contribution >= 0.6 is 0 Å². The van der Waals surface area contributed by atoms with Gasteiger partial charge in [-0.2, -0.15) is 0 Å². The van der Waals surface area contributed by atoms with Crippen LogP contribution in [0.1, 0.15) is 29.2 Å². The van der Waals surface area contributed by atoms with E-state index in [0.29, 0.717) is 24.1 Å². The summed E-state index contributed by atoms with van der Waals surface area (Å²) in [7, 11) is 0. The summed E-state index contributed by atoms with van der Waals surface area (Å²) in [5.41, 5.74) is 8.83. The summed E-state index contributed by atoms with van der Waals surface area (Å²) in [6.45, 7) is 0. The Bertz CT molecular complexity index is 658. The highest BCUT2D eigenvalue weighted by Crippen LogP contribution is 2.30. The van der Waals surface area contributed by atoms with E-state index in [0.717, 1.165) is 11.1 Å². The second-order valence-corrected chi connectivity index (χ2v) is 4.84. The van der Waals surface area contributed by atoms with Crippen molar-refractivity contribution in [2.75, 3.05) is 5.32 Å². The van der Waals surface area contributed by atoms with Crippen LogP contribution in [-0.2, 0) is 11.2 Å². The second kappa shape index (κ2) is 5.02. The van der Waals surface area contributed by atoms with Gasteiger partial charge in [0, 0.05) is 30.1 Å². The van der Waals surface area contributed by atoms with E-state index >= 15 is 0 Å². The van der Waals surface area contributed by atoms with Crippen LogP contribution in [0, 0.1) is 5.82 Å². The number of pyridine rings is 1. The molecule has 0 bridgehead atoms. The van der Waals surface area contributed by atoms with Gasteiger partial charge < -0.3 is 11.1 Å². The third-order valence-electron chi connectivity index (χ3n) is 3.52. The minimum absolute atomic E-state index is 0.0805. The standard InChI is InChI=1S/C15H14FN3O/c16-12-8-13-10(1-2-14(20)19-13)7-11(12)15(17)9-3-5-18-6-4-9/h3-8,15H,1-2,17H2,(H,19,20). The van der Waals surface area contributed by atoms with Gasteiger partial charge in [-0.05, 0) is 41.8 Å². The lowest BCUT2D eigenvalue weighted by molar-refractivity contribution is -0.116. The molecule has 0 saturated heterocycles. The fourth-order valence-electron chi connectivity index (χ4n) is 2.41. The van der Waals surface area contributed by atoms with Crippen molar-refractivity contribution >= 4 is 11.6 Å². The molecule has 1 unspecified atom stereocenters. The zero-order valence-electron chi connectivity index (χ0n) is 10.8. The van der Waals surface area contributed by atoms with Gasteiger partial charge in [0.25, 0.3) is 0 Å². The maximum absolute atomic E-state index is 14.2. The molecule has 5 heteroatoms. The Balaban J connectivity index is 2.00. The Morgan fingerprint density at radius 2 is 2.00 bits per heavy atom. The highest BCUT2D eigenvalue weighted by atomic mass is 19.1. The summed E-state index contributed by atoms with van der Waals surface area (Å²) < 4.78 is 14.2. The molecule has 20 heavy (non-hydrogen) atoms. The molecule has 2 aromatic rings. The Labute approximate surface area is 115 Å². The number of nitrogens with one attached hydrogen (secondary N) is 1. The van der Waals surface area contributed by atoms with Gasteiger partial charge >= 0.3 is 0 Å². The number of benzene rings is 1. The number of carbonyl (C=O) groups is 1. The predicted octanol–water partition coefficient (Wildman–Crippen LogP) is 2.15. The lowest BCUT2D eigenvalue weighted by atomic mass is 9.94. The van der Waals surface area contributed by atoms with Crippen LogP contribution < -0.4 is 11.1 Å². The van der Waals surface area contributed by atoms with Crippen molar-refractivity contribution in [1.29, 1.82) is 0 Å². The number of hydrogen-bond acceptors (Lipinski definition) is 3. The normalized spacial score (nSPS) is 15.4. The van der Waals surface area contributed by atoms with Crippen LogP contribution in [0.2, 0.25) is 0 Å². The summed E-state index contributed by atoms with van der Waals surface area (Å²) in [5, 5.41) is 2.68. The van der Waals surface area contributed by atoms with Crippen LogP contribution in [-0.4, -0.2) is 10.9 Å². The Hall–Kier alpha value is -2.27. The van der Waals surface area contributed by atoms with E-state index in [2.05, 4.69) is 10.3 Å². The van der Waals surface area contributed by atoms with E-state index in [4.69, 9.17) is 5.73 Å². The molecule has 4 nitrogen and oxygen atoms in total. The van der Waals surface area contributed by atoms with Crippen LogP contribution in [0.5, 0.6) is 0 Å². The molecular formula is C15H14FN3O. The first-order chi connectivity index (χ1) is 9.65. The van der Waals surface area contributed by atoms with Crippen molar-refractivity contribution in [2.24, 2.45) is 5.73 Å². The summed E-state index contributed by atoms with van der Waals surface area (Å²) >= 11 is 0. The van der Waals surface area contributed by atoms with E-state index in [9.17, 15) is 9.18 Å². The molecule has 1 aromatic heterocycles. The van der Waals surface area contributed by atoms with Crippen molar-refractivity contribution in [3.63, 3.8) is 0 Å². The third kappa shape index (κ3) is 2.28. The number of fused-ring (bicyclic) bond motifs is 1. The zero-order chi connectivity index (χ0) is 14.1. The number of anilines is 1. The maximum atomic E-state index is 14.2. The van der Waals surface area contributed by atoms with Crippen molar-refractivity contribution in [3.05, 3.63) is 59.2 Å². The van der Waals surface area contributed by atoms with Gasteiger partial charge in [0.05, 0.1) is 6.04 Å². The summed E-state index contributed by atoms with van der Waals surface area (Å²) in [4.78, 5) is 15.2.